The van der Waals surface area contributed by atoms with E-state index >= 15 is 0 Å². The maximum Gasteiger partial charge on any atom is 0.272 e. The Morgan fingerprint density at radius 3 is 2.61 bits per heavy atom. The molecule has 0 atom stereocenters. The molecule has 5 rings (SSSR count). The van der Waals surface area contributed by atoms with Gasteiger partial charge < -0.3 is 15.4 Å². The lowest BCUT2D eigenvalue weighted by molar-refractivity contribution is -0.141. The number of amides is 2. The van der Waals surface area contributed by atoms with E-state index in [4.69, 9.17) is 16.3 Å². The summed E-state index contributed by atoms with van der Waals surface area (Å²) in [6.45, 7) is 1.77. The van der Waals surface area contributed by atoms with Crippen molar-refractivity contribution in [2.75, 3.05) is 6.61 Å². The van der Waals surface area contributed by atoms with Crippen molar-refractivity contribution in [3.8, 4) is 5.75 Å². The summed E-state index contributed by atoms with van der Waals surface area (Å²) in [5, 5.41) is 12.8. The zero-order chi connectivity index (χ0) is 19.9. The maximum atomic E-state index is 13.4. The molecule has 2 bridgehead atoms. The van der Waals surface area contributed by atoms with E-state index in [1.54, 1.807) is 6.07 Å². The molecule has 7 nitrogen and oxygen atoms in total. The number of aryl methyl sites for hydroxylation is 1. The number of H-pyrrole nitrogens is 1. The molecule has 0 spiro atoms. The van der Waals surface area contributed by atoms with Crippen LogP contribution >= 0.6 is 11.6 Å². The molecule has 9 heteroatoms. The molecule has 3 aliphatic carbocycles. The summed E-state index contributed by atoms with van der Waals surface area (Å²) < 4.78 is 18.7. The lowest BCUT2D eigenvalue weighted by Crippen LogP contribution is -2.84. The van der Waals surface area contributed by atoms with Gasteiger partial charge >= 0.3 is 0 Å². The first-order valence-corrected chi connectivity index (χ1v) is 9.46. The van der Waals surface area contributed by atoms with Crippen LogP contribution in [0.4, 0.5) is 4.39 Å². The number of carbonyl (C=O) groups excluding carboxylic acids is 2. The van der Waals surface area contributed by atoms with E-state index < -0.39 is 5.82 Å². The monoisotopic (exact) mass is 406 g/mol. The van der Waals surface area contributed by atoms with Crippen molar-refractivity contribution in [3.05, 3.63) is 46.5 Å². The summed E-state index contributed by atoms with van der Waals surface area (Å²) in [7, 11) is 0. The third-order valence-electron chi connectivity index (χ3n) is 5.32. The molecule has 3 fully saturated rings. The van der Waals surface area contributed by atoms with Gasteiger partial charge in [0, 0.05) is 22.8 Å². The summed E-state index contributed by atoms with van der Waals surface area (Å²) in [4.78, 5) is 24.4. The first-order chi connectivity index (χ1) is 13.3. The van der Waals surface area contributed by atoms with Crippen LogP contribution in [0.1, 0.15) is 42.4 Å². The molecule has 3 N–H and O–H groups in total. The molecule has 28 heavy (non-hydrogen) atoms. The van der Waals surface area contributed by atoms with Crippen LogP contribution in [0, 0.1) is 5.82 Å². The van der Waals surface area contributed by atoms with Crippen LogP contribution in [0.5, 0.6) is 5.75 Å². The quantitative estimate of drug-likeness (QED) is 0.657. The number of ether oxygens (including phenoxy) is 1. The number of aromatic nitrogens is 2. The molecule has 0 radical (unpaired) electrons. The second kappa shape index (κ2) is 6.77. The minimum absolute atomic E-state index is 0.00114. The topological polar surface area (TPSA) is 96.1 Å². The number of nitrogens with zero attached hydrogens (tertiary/aromatic N) is 1. The predicted molar refractivity (Wildman–Crippen MR) is 99.8 cm³/mol. The van der Waals surface area contributed by atoms with Crippen molar-refractivity contribution in [3.63, 3.8) is 0 Å². The Kier molecular flexibility index (Phi) is 4.53. The normalized spacial score (nSPS) is 24.7. The lowest BCUT2D eigenvalue weighted by Gasteiger charge is -2.70. The van der Waals surface area contributed by atoms with Gasteiger partial charge in [-0.2, -0.15) is 5.10 Å². The number of nitrogens with one attached hydrogen (secondary N) is 3. The molecule has 0 saturated heterocycles. The van der Waals surface area contributed by atoms with Crippen LogP contribution in [0.15, 0.2) is 24.3 Å². The highest BCUT2D eigenvalue weighted by Crippen LogP contribution is 2.60. The highest BCUT2D eigenvalue weighted by molar-refractivity contribution is 6.30. The molecule has 2 aromatic rings. The van der Waals surface area contributed by atoms with E-state index in [1.807, 2.05) is 6.92 Å². The lowest BCUT2D eigenvalue weighted by atomic mass is 9.44. The molecule has 0 unspecified atom stereocenters. The number of carbonyl (C=O) groups is 2. The van der Waals surface area contributed by atoms with Gasteiger partial charge in [0.2, 0.25) is 0 Å². The van der Waals surface area contributed by atoms with Gasteiger partial charge in [-0.1, -0.05) is 18.5 Å². The molecule has 2 amide bonds. The molecular weight excluding hydrogens is 387 g/mol. The van der Waals surface area contributed by atoms with E-state index in [-0.39, 0.29) is 40.3 Å². The van der Waals surface area contributed by atoms with Crippen molar-refractivity contribution < 1.29 is 18.7 Å². The van der Waals surface area contributed by atoms with Crippen molar-refractivity contribution in [2.24, 2.45) is 0 Å². The summed E-state index contributed by atoms with van der Waals surface area (Å²) >= 11 is 5.61. The van der Waals surface area contributed by atoms with Gasteiger partial charge in [-0.15, -0.1) is 0 Å². The summed E-state index contributed by atoms with van der Waals surface area (Å²) in [6.07, 6.45) is 2.82. The number of hydrogen-bond donors (Lipinski definition) is 3. The number of halogens is 2. The van der Waals surface area contributed by atoms with E-state index in [0.717, 1.165) is 18.2 Å². The van der Waals surface area contributed by atoms with Gasteiger partial charge in [-0.25, -0.2) is 4.39 Å². The SMILES string of the molecule is CCc1cc(C(=O)NC23CC(NC(=O)COc4ccc(Cl)c(F)c4)(C2)C3)n[nH]1. The Bertz CT molecular complexity index is 925. The van der Waals surface area contributed by atoms with Crippen molar-refractivity contribution in [1.82, 2.24) is 20.8 Å². The van der Waals surface area contributed by atoms with Crippen LogP contribution in [0.3, 0.4) is 0 Å². The summed E-state index contributed by atoms with van der Waals surface area (Å²) in [5.41, 5.74) is 0.727. The average Bonchev–Trinajstić information content (AvgIpc) is 3.09. The molecule has 0 aliphatic heterocycles. The van der Waals surface area contributed by atoms with Gasteiger partial charge in [0.1, 0.15) is 17.3 Å². The fourth-order valence-electron chi connectivity index (χ4n) is 4.06. The average molecular weight is 407 g/mol. The predicted octanol–water partition coefficient (Wildman–Crippen LogP) is 2.36. The molecule has 3 saturated carbocycles. The van der Waals surface area contributed by atoms with E-state index in [1.165, 1.54) is 12.1 Å². The fourth-order valence-corrected chi connectivity index (χ4v) is 4.18. The number of aromatic amines is 1. The van der Waals surface area contributed by atoms with Crippen LogP contribution in [-0.4, -0.2) is 39.7 Å². The largest absolute Gasteiger partial charge is 0.484 e. The number of benzene rings is 1. The minimum atomic E-state index is -0.598. The Labute approximate surface area is 166 Å². The van der Waals surface area contributed by atoms with Gasteiger partial charge in [-0.05, 0) is 43.9 Å². The van der Waals surface area contributed by atoms with Crippen molar-refractivity contribution >= 4 is 23.4 Å². The molecular formula is C19H20ClFN4O3. The van der Waals surface area contributed by atoms with Gasteiger partial charge in [0.15, 0.2) is 6.61 Å². The van der Waals surface area contributed by atoms with Crippen LogP contribution in [-0.2, 0) is 11.2 Å². The zero-order valence-corrected chi connectivity index (χ0v) is 16.0. The smallest absolute Gasteiger partial charge is 0.272 e. The first kappa shape index (κ1) is 18.7. The molecule has 3 aliphatic rings. The fraction of sp³-hybridized carbons (Fsp3) is 0.421. The molecule has 1 aromatic heterocycles. The van der Waals surface area contributed by atoms with Gasteiger partial charge in [-0.3, -0.25) is 14.7 Å². The third kappa shape index (κ3) is 3.44. The third-order valence-corrected chi connectivity index (χ3v) is 5.63. The second-order valence-corrected chi connectivity index (χ2v) is 8.00. The zero-order valence-electron chi connectivity index (χ0n) is 15.3. The van der Waals surface area contributed by atoms with Crippen molar-refractivity contribution in [1.29, 1.82) is 0 Å². The summed E-state index contributed by atoms with van der Waals surface area (Å²) in [6, 6.07) is 5.76. The van der Waals surface area contributed by atoms with Gasteiger partial charge in [0.05, 0.1) is 5.02 Å². The summed E-state index contributed by atoms with van der Waals surface area (Å²) in [5.74, 6) is -0.845. The highest BCUT2D eigenvalue weighted by Gasteiger charge is 2.69. The van der Waals surface area contributed by atoms with Gasteiger partial charge in [0.25, 0.3) is 11.8 Å². The Balaban J connectivity index is 1.23. The minimum Gasteiger partial charge on any atom is -0.484 e. The Morgan fingerprint density at radius 1 is 1.25 bits per heavy atom. The maximum absolute atomic E-state index is 13.4. The van der Waals surface area contributed by atoms with E-state index in [2.05, 4.69) is 20.8 Å². The Morgan fingerprint density at radius 2 is 1.96 bits per heavy atom. The number of rotatable bonds is 7. The highest BCUT2D eigenvalue weighted by atomic mass is 35.5. The van der Waals surface area contributed by atoms with Crippen LogP contribution in [0.25, 0.3) is 0 Å². The second-order valence-electron chi connectivity index (χ2n) is 7.59. The molecule has 1 heterocycles. The van der Waals surface area contributed by atoms with E-state index in [0.29, 0.717) is 25.0 Å². The number of hydrogen-bond acceptors (Lipinski definition) is 4. The van der Waals surface area contributed by atoms with Crippen LogP contribution < -0.4 is 15.4 Å². The standard InChI is InChI=1S/C19H20ClFN4O3/c1-2-11-5-15(25-24-11)17(27)23-19-8-18(9-19,10-19)22-16(26)7-28-12-3-4-13(20)14(21)6-12/h3-6H,2,7-10H2,1H3,(H,22,26)(H,23,27)(H,24,25). The molecule has 148 valence electrons. The van der Waals surface area contributed by atoms with Crippen LogP contribution in [0.2, 0.25) is 5.02 Å². The molecule has 1 aromatic carbocycles. The Hall–Kier alpha value is -2.61. The van der Waals surface area contributed by atoms with Crippen molar-refractivity contribution in [2.45, 2.75) is 43.7 Å². The first-order valence-electron chi connectivity index (χ1n) is 9.08. The van der Waals surface area contributed by atoms with E-state index in [9.17, 15) is 14.0 Å².